The minimum atomic E-state index is -0.0573. The zero-order valence-electron chi connectivity index (χ0n) is 12.2. The summed E-state index contributed by atoms with van der Waals surface area (Å²) in [5.41, 5.74) is 2.18. The van der Waals surface area contributed by atoms with Crippen molar-refractivity contribution in [3.05, 3.63) is 28.0 Å². The van der Waals surface area contributed by atoms with E-state index in [4.69, 9.17) is 23.8 Å². The highest BCUT2D eigenvalue weighted by molar-refractivity contribution is 7.71. The van der Waals surface area contributed by atoms with Crippen molar-refractivity contribution in [1.29, 1.82) is 0 Å². The Kier molecular flexibility index (Phi) is 3.56. The summed E-state index contributed by atoms with van der Waals surface area (Å²) in [4.78, 5) is 3.23. The highest BCUT2D eigenvalue weighted by atomic mass is 35.5. The molecule has 0 amide bonds. The van der Waals surface area contributed by atoms with Gasteiger partial charge in [0, 0.05) is 5.54 Å². The van der Waals surface area contributed by atoms with Gasteiger partial charge in [0.2, 0.25) is 0 Å². The van der Waals surface area contributed by atoms with Crippen LogP contribution in [0.2, 0.25) is 5.02 Å². The summed E-state index contributed by atoms with van der Waals surface area (Å²) in [6.45, 7) is 11.2. The number of H-pyrrole nitrogens is 1. The van der Waals surface area contributed by atoms with Crippen LogP contribution in [0.15, 0.2) is 18.2 Å². The molecule has 1 aromatic carbocycles. The van der Waals surface area contributed by atoms with Gasteiger partial charge in [0.05, 0.1) is 16.1 Å². The number of hydrogen-bond donors (Lipinski definition) is 1. The van der Waals surface area contributed by atoms with Crippen LogP contribution in [-0.2, 0) is 5.54 Å². The fourth-order valence-corrected chi connectivity index (χ4v) is 3.74. The quantitative estimate of drug-likeness (QED) is 0.723. The van der Waals surface area contributed by atoms with Crippen molar-refractivity contribution in [2.24, 2.45) is 5.41 Å². The zero-order valence-corrected chi connectivity index (χ0v) is 13.7. The highest BCUT2D eigenvalue weighted by Crippen LogP contribution is 2.35. The number of halogens is 1. The number of nitrogens with one attached hydrogen (secondary N) is 1. The van der Waals surface area contributed by atoms with Gasteiger partial charge in [-0.25, -0.2) is 0 Å². The number of benzene rings is 1. The molecule has 104 valence electrons. The van der Waals surface area contributed by atoms with Gasteiger partial charge in [-0.1, -0.05) is 38.4 Å². The average molecular weight is 297 g/mol. The average Bonchev–Trinajstić information content (AvgIpc) is 2.52. The largest absolute Gasteiger partial charge is 0.329 e. The molecule has 19 heavy (non-hydrogen) atoms. The molecule has 2 nitrogen and oxygen atoms in total. The van der Waals surface area contributed by atoms with E-state index < -0.39 is 0 Å². The Morgan fingerprint density at radius 2 is 1.84 bits per heavy atom. The van der Waals surface area contributed by atoms with Crippen molar-refractivity contribution >= 4 is 34.9 Å². The van der Waals surface area contributed by atoms with Crippen LogP contribution in [0, 0.1) is 10.2 Å². The molecule has 0 radical (unpaired) electrons. The Labute approximate surface area is 124 Å². The molecule has 4 heteroatoms. The van der Waals surface area contributed by atoms with Gasteiger partial charge >= 0.3 is 0 Å². The first-order valence-corrected chi connectivity index (χ1v) is 7.30. The van der Waals surface area contributed by atoms with Gasteiger partial charge in [-0.05, 0) is 50.0 Å². The van der Waals surface area contributed by atoms with Gasteiger partial charge < -0.3 is 9.55 Å². The molecule has 0 spiro atoms. The molecule has 0 aliphatic carbocycles. The molecule has 0 aliphatic heterocycles. The number of rotatable bonds is 2. The van der Waals surface area contributed by atoms with E-state index in [0.29, 0.717) is 5.02 Å². The SMILES string of the molecule is CC(C)(C)CC(C)(C)n1c(=S)[nH]c2c(Cl)cccc21. The molecule has 0 aliphatic rings. The summed E-state index contributed by atoms with van der Waals surface area (Å²) in [6.07, 6.45) is 1.04. The third-order valence-electron chi connectivity index (χ3n) is 3.24. The van der Waals surface area contributed by atoms with Crippen molar-refractivity contribution in [3.8, 4) is 0 Å². The summed E-state index contributed by atoms with van der Waals surface area (Å²) in [5.74, 6) is 0. The lowest BCUT2D eigenvalue weighted by Gasteiger charge is -2.34. The Balaban J connectivity index is 2.66. The first kappa shape index (κ1) is 14.6. The van der Waals surface area contributed by atoms with Crippen LogP contribution in [0.1, 0.15) is 41.0 Å². The molecule has 0 saturated carbocycles. The van der Waals surface area contributed by atoms with Crippen molar-refractivity contribution in [2.75, 3.05) is 0 Å². The normalized spacial score (nSPS) is 13.2. The number of nitrogens with zero attached hydrogens (tertiary/aromatic N) is 1. The second-order valence-electron chi connectivity index (χ2n) is 6.95. The van der Waals surface area contributed by atoms with Gasteiger partial charge in [0.1, 0.15) is 0 Å². The molecule has 1 N–H and O–H groups in total. The monoisotopic (exact) mass is 296 g/mol. The van der Waals surface area contributed by atoms with E-state index in [-0.39, 0.29) is 11.0 Å². The predicted octanol–water partition coefficient (Wildman–Crippen LogP) is 5.52. The molecule has 0 saturated heterocycles. The first-order valence-electron chi connectivity index (χ1n) is 6.52. The minimum Gasteiger partial charge on any atom is -0.329 e. The second kappa shape index (κ2) is 4.64. The van der Waals surface area contributed by atoms with Crippen LogP contribution >= 0.6 is 23.8 Å². The molecule has 2 rings (SSSR count). The van der Waals surface area contributed by atoms with E-state index in [1.54, 1.807) is 0 Å². The van der Waals surface area contributed by atoms with E-state index in [1.807, 2.05) is 12.1 Å². The van der Waals surface area contributed by atoms with Crippen LogP contribution in [-0.4, -0.2) is 9.55 Å². The van der Waals surface area contributed by atoms with Crippen LogP contribution in [0.3, 0.4) is 0 Å². The summed E-state index contributed by atoms with van der Waals surface area (Å²) >= 11 is 11.7. The van der Waals surface area contributed by atoms with Gasteiger partial charge in [0.15, 0.2) is 4.77 Å². The first-order chi connectivity index (χ1) is 8.62. The summed E-state index contributed by atoms with van der Waals surface area (Å²) in [6, 6.07) is 5.92. The van der Waals surface area contributed by atoms with Crippen molar-refractivity contribution in [1.82, 2.24) is 9.55 Å². The zero-order chi connectivity index (χ0) is 14.4. The van der Waals surface area contributed by atoms with E-state index in [9.17, 15) is 0 Å². The molecule has 1 heterocycles. The van der Waals surface area contributed by atoms with E-state index in [1.165, 1.54) is 0 Å². The van der Waals surface area contributed by atoms with Crippen molar-refractivity contribution in [2.45, 2.75) is 46.6 Å². The van der Waals surface area contributed by atoms with Gasteiger partial charge in [-0.15, -0.1) is 0 Å². The van der Waals surface area contributed by atoms with Crippen molar-refractivity contribution in [3.63, 3.8) is 0 Å². The number of fused-ring (bicyclic) bond motifs is 1. The summed E-state index contributed by atoms with van der Waals surface area (Å²) in [7, 11) is 0. The van der Waals surface area contributed by atoms with Crippen LogP contribution in [0.5, 0.6) is 0 Å². The number of para-hydroxylation sites is 1. The lowest BCUT2D eigenvalue weighted by Crippen LogP contribution is -2.31. The fraction of sp³-hybridized carbons (Fsp3) is 0.533. The van der Waals surface area contributed by atoms with E-state index in [0.717, 1.165) is 22.2 Å². The fourth-order valence-electron chi connectivity index (χ4n) is 3.07. The number of aromatic amines is 1. The number of aromatic nitrogens is 2. The Hall–Kier alpha value is -0.800. The maximum atomic E-state index is 6.23. The van der Waals surface area contributed by atoms with Crippen molar-refractivity contribution < 1.29 is 0 Å². The predicted molar refractivity (Wildman–Crippen MR) is 85.5 cm³/mol. The van der Waals surface area contributed by atoms with E-state index in [2.05, 4.69) is 50.2 Å². The summed E-state index contributed by atoms with van der Waals surface area (Å²) < 4.78 is 2.92. The maximum absolute atomic E-state index is 6.23. The molecule has 0 bridgehead atoms. The lowest BCUT2D eigenvalue weighted by molar-refractivity contribution is 0.217. The third kappa shape index (κ3) is 2.87. The molecular weight excluding hydrogens is 276 g/mol. The maximum Gasteiger partial charge on any atom is 0.178 e. The number of hydrogen-bond acceptors (Lipinski definition) is 1. The number of imidazole rings is 1. The van der Waals surface area contributed by atoms with E-state index >= 15 is 0 Å². The molecule has 0 unspecified atom stereocenters. The topological polar surface area (TPSA) is 20.7 Å². The lowest BCUT2D eigenvalue weighted by atomic mass is 9.81. The third-order valence-corrected chi connectivity index (χ3v) is 3.84. The van der Waals surface area contributed by atoms with Crippen LogP contribution in [0.25, 0.3) is 11.0 Å². The molecule has 2 aromatic rings. The second-order valence-corrected chi connectivity index (χ2v) is 7.74. The smallest absolute Gasteiger partial charge is 0.178 e. The molecule has 1 aromatic heterocycles. The Morgan fingerprint density at radius 3 is 2.42 bits per heavy atom. The van der Waals surface area contributed by atoms with Crippen LogP contribution in [0.4, 0.5) is 0 Å². The molecule has 0 atom stereocenters. The Morgan fingerprint density at radius 1 is 1.21 bits per heavy atom. The highest BCUT2D eigenvalue weighted by Gasteiger charge is 2.29. The summed E-state index contributed by atoms with van der Waals surface area (Å²) in [5, 5.41) is 0.717. The standard InChI is InChI=1S/C15H21ClN2S/c1-14(2,3)9-15(4,5)18-11-8-6-7-10(16)12(11)17-13(18)19/h6-8H,9H2,1-5H3,(H,17,19). The molecule has 0 fully saturated rings. The van der Waals surface area contributed by atoms with Crippen LogP contribution < -0.4 is 0 Å². The van der Waals surface area contributed by atoms with Gasteiger partial charge in [-0.3, -0.25) is 0 Å². The Bertz CT molecular complexity index is 659. The minimum absolute atomic E-state index is 0.0573. The van der Waals surface area contributed by atoms with Gasteiger partial charge in [0.25, 0.3) is 0 Å². The van der Waals surface area contributed by atoms with Gasteiger partial charge in [-0.2, -0.15) is 0 Å². The molecular formula is C15H21ClN2S.